The van der Waals surface area contributed by atoms with Crippen molar-refractivity contribution >= 4 is 21.8 Å². The maximum absolute atomic E-state index is 11.9. The van der Waals surface area contributed by atoms with Gasteiger partial charge in [-0.3, -0.25) is 4.79 Å². The van der Waals surface area contributed by atoms with Crippen molar-refractivity contribution in [2.24, 2.45) is 0 Å². The van der Waals surface area contributed by atoms with Crippen LogP contribution < -0.4 is 5.32 Å². The second-order valence-electron chi connectivity index (χ2n) is 4.89. The first-order valence-electron chi connectivity index (χ1n) is 6.13. The number of hydrogen-bond donors (Lipinski definition) is 2. The van der Waals surface area contributed by atoms with E-state index in [0.717, 1.165) is 5.76 Å². The molecule has 2 N–H and O–H groups in total. The van der Waals surface area contributed by atoms with Crippen molar-refractivity contribution in [1.29, 1.82) is 0 Å². The molecule has 0 unspecified atom stereocenters. The summed E-state index contributed by atoms with van der Waals surface area (Å²) in [6.45, 7) is 5.28. The molecule has 0 bridgehead atoms. The van der Waals surface area contributed by atoms with Gasteiger partial charge in [0.2, 0.25) is 0 Å². The van der Waals surface area contributed by atoms with Gasteiger partial charge in [0.1, 0.15) is 17.1 Å². The lowest BCUT2D eigenvalue weighted by molar-refractivity contribution is 0.0506. The molecule has 0 saturated heterocycles. The third-order valence-electron chi connectivity index (χ3n) is 3.01. The summed E-state index contributed by atoms with van der Waals surface area (Å²) in [6.07, 6.45) is 0. The summed E-state index contributed by atoms with van der Waals surface area (Å²) in [5, 5.41) is 13.1. The summed E-state index contributed by atoms with van der Waals surface area (Å²) in [7, 11) is 0. The monoisotopic (exact) mass is 341 g/mol. The van der Waals surface area contributed by atoms with Gasteiger partial charge in [-0.05, 0) is 54.9 Å². The van der Waals surface area contributed by atoms with E-state index >= 15 is 0 Å². The molecule has 108 valence electrons. The molecule has 0 saturated carbocycles. The van der Waals surface area contributed by atoms with E-state index in [1.165, 1.54) is 0 Å². The topological polar surface area (TPSA) is 75.6 Å². The minimum Gasteiger partial charge on any atom is -0.466 e. The largest absolute Gasteiger partial charge is 0.466 e. The summed E-state index contributed by atoms with van der Waals surface area (Å²) >= 11 is 3.13. The van der Waals surface area contributed by atoms with Gasteiger partial charge in [0, 0.05) is 5.56 Å². The van der Waals surface area contributed by atoms with E-state index < -0.39 is 5.60 Å². The lowest BCUT2D eigenvalue weighted by atomic mass is 9.96. The summed E-state index contributed by atoms with van der Waals surface area (Å²) in [5.41, 5.74) is -0.544. The number of aliphatic hydroxyl groups is 1. The van der Waals surface area contributed by atoms with Crippen LogP contribution in [0.5, 0.6) is 0 Å². The Bertz CT molecular complexity index is 627. The van der Waals surface area contributed by atoms with Crippen LogP contribution in [0.3, 0.4) is 0 Å². The summed E-state index contributed by atoms with van der Waals surface area (Å²) in [5.74, 6) is 1.17. The summed E-state index contributed by atoms with van der Waals surface area (Å²) in [4.78, 5) is 11.9. The molecule has 0 aliphatic carbocycles. The molecule has 2 aromatic rings. The van der Waals surface area contributed by atoms with Crippen molar-refractivity contribution in [3.8, 4) is 0 Å². The number of aryl methyl sites for hydroxylation is 2. The van der Waals surface area contributed by atoms with Gasteiger partial charge in [-0.15, -0.1) is 0 Å². The van der Waals surface area contributed by atoms with Crippen LogP contribution >= 0.6 is 15.9 Å². The standard InChI is InChI=1S/C14H16BrNO4/c1-8-6-10(9(2)19-8)14(3,18)7-16-13(17)11-4-5-12(15)20-11/h4-6,18H,7H2,1-3H3,(H,16,17)/t14-/m0/s1. The smallest absolute Gasteiger partial charge is 0.287 e. The van der Waals surface area contributed by atoms with Crippen molar-refractivity contribution in [2.75, 3.05) is 6.54 Å². The van der Waals surface area contributed by atoms with Crippen molar-refractivity contribution in [3.63, 3.8) is 0 Å². The number of hydrogen-bond acceptors (Lipinski definition) is 4. The Morgan fingerprint density at radius 3 is 2.60 bits per heavy atom. The molecule has 0 radical (unpaired) electrons. The molecule has 0 aliphatic rings. The Balaban J connectivity index is 2.06. The van der Waals surface area contributed by atoms with Gasteiger partial charge in [0.15, 0.2) is 10.4 Å². The Hall–Kier alpha value is -1.53. The van der Waals surface area contributed by atoms with Gasteiger partial charge in [-0.1, -0.05) is 0 Å². The predicted octanol–water partition coefficient (Wildman–Crippen LogP) is 2.89. The second-order valence-corrected chi connectivity index (χ2v) is 5.67. The first-order valence-corrected chi connectivity index (χ1v) is 6.92. The molecule has 6 heteroatoms. The van der Waals surface area contributed by atoms with Gasteiger partial charge in [0.05, 0.1) is 6.54 Å². The normalized spacial score (nSPS) is 14.1. The Labute approximate surface area is 125 Å². The molecule has 5 nitrogen and oxygen atoms in total. The summed E-state index contributed by atoms with van der Waals surface area (Å²) in [6, 6.07) is 4.96. The number of carbonyl (C=O) groups excluding carboxylic acids is 1. The van der Waals surface area contributed by atoms with Crippen LogP contribution in [-0.2, 0) is 5.60 Å². The van der Waals surface area contributed by atoms with Crippen molar-refractivity contribution in [2.45, 2.75) is 26.4 Å². The highest BCUT2D eigenvalue weighted by atomic mass is 79.9. The van der Waals surface area contributed by atoms with Crippen molar-refractivity contribution in [3.05, 3.63) is 45.7 Å². The van der Waals surface area contributed by atoms with Crippen LogP contribution in [0.1, 0.15) is 34.6 Å². The van der Waals surface area contributed by atoms with Gasteiger partial charge in [0.25, 0.3) is 5.91 Å². The van der Waals surface area contributed by atoms with E-state index in [2.05, 4.69) is 21.2 Å². The first-order chi connectivity index (χ1) is 9.29. The molecule has 0 aliphatic heterocycles. The molecule has 0 aromatic carbocycles. The zero-order valence-corrected chi connectivity index (χ0v) is 13.1. The zero-order chi connectivity index (χ0) is 14.9. The molecular formula is C14H16BrNO4. The van der Waals surface area contributed by atoms with Crippen molar-refractivity contribution < 1.29 is 18.7 Å². The van der Waals surface area contributed by atoms with Crippen LogP contribution in [-0.4, -0.2) is 17.6 Å². The van der Waals surface area contributed by atoms with E-state index in [9.17, 15) is 9.90 Å². The van der Waals surface area contributed by atoms with Gasteiger partial charge < -0.3 is 19.3 Å². The van der Waals surface area contributed by atoms with E-state index in [1.807, 2.05) is 6.92 Å². The predicted molar refractivity (Wildman–Crippen MR) is 76.5 cm³/mol. The molecule has 1 atom stereocenters. The highest BCUT2D eigenvalue weighted by molar-refractivity contribution is 9.10. The number of carbonyl (C=O) groups is 1. The number of halogens is 1. The molecule has 20 heavy (non-hydrogen) atoms. The molecular weight excluding hydrogens is 326 g/mol. The minimum atomic E-state index is -1.21. The number of rotatable bonds is 4. The Morgan fingerprint density at radius 1 is 1.40 bits per heavy atom. The quantitative estimate of drug-likeness (QED) is 0.896. The van der Waals surface area contributed by atoms with Crippen LogP contribution in [0.2, 0.25) is 0 Å². The molecule has 1 amide bonds. The molecule has 2 rings (SSSR count). The molecule has 0 fully saturated rings. The molecule has 0 spiro atoms. The average Bonchev–Trinajstić information content (AvgIpc) is 2.93. The lowest BCUT2D eigenvalue weighted by Gasteiger charge is -2.23. The third-order valence-corrected chi connectivity index (χ3v) is 3.44. The fourth-order valence-corrected chi connectivity index (χ4v) is 2.34. The average molecular weight is 342 g/mol. The molecule has 2 heterocycles. The zero-order valence-electron chi connectivity index (χ0n) is 11.5. The van der Waals surface area contributed by atoms with E-state index in [0.29, 0.717) is 16.0 Å². The molecule has 2 aromatic heterocycles. The van der Waals surface area contributed by atoms with E-state index in [4.69, 9.17) is 8.83 Å². The van der Waals surface area contributed by atoms with Crippen LogP contribution in [0.15, 0.2) is 31.7 Å². The van der Waals surface area contributed by atoms with Crippen molar-refractivity contribution in [1.82, 2.24) is 5.32 Å². The van der Waals surface area contributed by atoms with Gasteiger partial charge >= 0.3 is 0 Å². The minimum absolute atomic E-state index is 0.0595. The summed E-state index contributed by atoms with van der Waals surface area (Å²) < 4.78 is 11.0. The number of amides is 1. The second kappa shape index (κ2) is 5.46. The number of furan rings is 2. The van der Waals surface area contributed by atoms with Crippen LogP contribution in [0.4, 0.5) is 0 Å². The Kier molecular flexibility index (Phi) is 4.06. The third kappa shape index (κ3) is 3.13. The van der Waals surface area contributed by atoms with Crippen LogP contribution in [0.25, 0.3) is 0 Å². The SMILES string of the molecule is Cc1cc([C@@](C)(O)CNC(=O)c2ccc(Br)o2)c(C)o1. The number of nitrogens with one attached hydrogen (secondary N) is 1. The van der Waals surface area contributed by atoms with Gasteiger partial charge in [-0.25, -0.2) is 0 Å². The van der Waals surface area contributed by atoms with Gasteiger partial charge in [-0.2, -0.15) is 0 Å². The fourth-order valence-electron chi connectivity index (χ4n) is 2.04. The maximum Gasteiger partial charge on any atom is 0.287 e. The van der Waals surface area contributed by atoms with E-state index in [1.54, 1.807) is 32.0 Å². The highest BCUT2D eigenvalue weighted by Gasteiger charge is 2.28. The first kappa shape index (κ1) is 14.9. The highest BCUT2D eigenvalue weighted by Crippen LogP contribution is 2.26. The van der Waals surface area contributed by atoms with E-state index in [-0.39, 0.29) is 18.2 Å². The lowest BCUT2D eigenvalue weighted by Crippen LogP contribution is -2.38. The Morgan fingerprint density at radius 2 is 2.10 bits per heavy atom. The van der Waals surface area contributed by atoms with Crippen LogP contribution in [0, 0.1) is 13.8 Å². The fraction of sp³-hybridized carbons (Fsp3) is 0.357. The maximum atomic E-state index is 11.9.